The number of rotatable bonds is 2. The van der Waals surface area contributed by atoms with Crippen LogP contribution in [0.15, 0.2) is 18.2 Å². The van der Waals surface area contributed by atoms with E-state index in [2.05, 4.69) is 10.2 Å². The second-order valence-electron chi connectivity index (χ2n) is 3.46. The van der Waals surface area contributed by atoms with Crippen molar-refractivity contribution < 1.29 is 0 Å². The van der Waals surface area contributed by atoms with Gasteiger partial charge in [-0.25, -0.2) is 0 Å². The summed E-state index contributed by atoms with van der Waals surface area (Å²) in [6.45, 7) is 1.99. The van der Waals surface area contributed by atoms with Gasteiger partial charge in [0.25, 0.3) is 0 Å². The monoisotopic (exact) mass is 230 g/mol. The fourth-order valence-electron chi connectivity index (χ4n) is 1.59. The van der Waals surface area contributed by atoms with Crippen LogP contribution in [-0.2, 0) is 0 Å². The molecule has 1 heterocycles. The standard InChI is InChI=1S/C10H12Cl2N2/c1-13-7-5-14(6-7)9-4-2-3-8(11)10(9)12/h2-4,7,13H,5-6H2,1H3. The van der Waals surface area contributed by atoms with E-state index >= 15 is 0 Å². The summed E-state index contributed by atoms with van der Waals surface area (Å²) in [6.07, 6.45) is 0. The van der Waals surface area contributed by atoms with Crippen LogP contribution in [0.5, 0.6) is 0 Å². The first-order valence-corrected chi connectivity index (χ1v) is 5.34. The van der Waals surface area contributed by atoms with E-state index < -0.39 is 0 Å². The van der Waals surface area contributed by atoms with Gasteiger partial charge < -0.3 is 10.2 Å². The molecule has 0 aromatic heterocycles. The Hall–Kier alpha value is -0.440. The lowest BCUT2D eigenvalue weighted by molar-refractivity contribution is 0.450. The molecule has 1 N–H and O–H groups in total. The Kier molecular flexibility index (Phi) is 2.86. The van der Waals surface area contributed by atoms with Crippen LogP contribution in [0.1, 0.15) is 0 Å². The van der Waals surface area contributed by atoms with Gasteiger partial charge in [-0.3, -0.25) is 0 Å². The van der Waals surface area contributed by atoms with Crippen molar-refractivity contribution in [3.05, 3.63) is 28.2 Å². The first-order valence-electron chi connectivity index (χ1n) is 4.58. The Morgan fingerprint density at radius 1 is 1.36 bits per heavy atom. The van der Waals surface area contributed by atoms with Gasteiger partial charge in [-0.1, -0.05) is 29.3 Å². The van der Waals surface area contributed by atoms with Crippen LogP contribution in [0.3, 0.4) is 0 Å². The fraction of sp³-hybridized carbons (Fsp3) is 0.400. The zero-order valence-electron chi connectivity index (χ0n) is 7.93. The number of benzene rings is 1. The highest BCUT2D eigenvalue weighted by Crippen LogP contribution is 2.34. The molecule has 0 radical (unpaired) electrons. The Morgan fingerprint density at radius 3 is 2.71 bits per heavy atom. The summed E-state index contributed by atoms with van der Waals surface area (Å²) in [5, 5.41) is 4.50. The molecule has 0 aliphatic carbocycles. The maximum Gasteiger partial charge on any atom is 0.0825 e. The molecule has 1 saturated heterocycles. The SMILES string of the molecule is CNC1CN(c2cccc(Cl)c2Cl)C1. The Balaban J connectivity index is 2.14. The molecule has 0 spiro atoms. The third-order valence-corrected chi connectivity index (χ3v) is 3.37. The van der Waals surface area contributed by atoms with Crippen molar-refractivity contribution in [1.82, 2.24) is 5.32 Å². The number of hydrogen-bond donors (Lipinski definition) is 1. The summed E-state index contributed by atoms with van der Waals surface area (Å²) in [4.78, 5) is 2.22. The van der Waals surface area contributed by atoms with E-state index in [0.29, 0.717) is 16.1 Å². The van der Waals surface area contributed by atoms with Gasteiger partial charge in [0.05, 0.1) is 15.7 Å². The van der Waals surface area contributed by atoms with Gasteiger partial charge in [0.15, 0.2) is 0 Å². The van der Waals surface area contributed by atoms with Crippen LogP contribution in [0.4, 0.5) is 5.69 Å². The Bertz CT molecular complexity index is 335. The van der Waals surface area contributed by atoms with Gasteiger partial charge in [-0.2, -0.15) is 0 Å². The zero-order chi connectivity index (χ0) is 10.1. The summed E-state index contributed by atoms with van der Waals surface area (Å²) in [6, 6.07) is 6.31. The second-order valence-corrected chi connectivity index (χ2v) is 4.25. The third-order valence-electron chi connectivity index (χ3n) is 2.56. The van der Waals surface area contributed by atoms with E-state index in [4.69, 9.17) is 23.2 Å². The summed E-state index contributed by atoms with van der Waals surface area (Å²) in [7, 11) is 1.97. The normalized spacial score (nSPS) is 16.9. The number of halogens is 2. The van der Waals surface area contributed by atoms with E-state index in [1.807, 2.05) is 25.2 Å². The lowest BCUT2D eigenvalue weighted by atomic mass is 10.1. The average molecular weight is 231 g/mol. The molecule has 0 unspecified atom stereocenters. The molecule has 1 aromatic rings. The topological polar surface area (TPSA) is 15.3 Å². The molecule has 0 bridgehead atoms. The van der Waals surface area contributed by atoms with Crippen molar-refractivity contribution in [1.29, 1.82) is 0 Å². The highest BCUT2D eigenvalue weighted by Gasteiger charge is 2.26. The molecular formula is C10H12Cl2N2. The number of nitrogens with zero attached hydrogens (tertiary/aromatic N) is 1. The predicted octanol–water partition coefficient (Wildman–Crippen LogP) is 2.40. The summed E-state index contributed by atoms with van der Waals surface area (Å²) in [5.74, 6) is 0. The first kappa shape index (κ1) is 10.1. The van der Waals surface area contributed by atoms with Crippen molar-refractivity contribution in [3.8, 4) is 0 Å². The van der Waals surface area contributed by atoms with Crippen LogP contribution in [-0.4, -0.2) is 26.2 Å². The molecule has 1 fully saturated rings. The minimum absolute atomic E-state index is 0.574. The number of anilines is 1. The number of nitrogens with one attached hydrogen (secondary N) is 1. The minimum atomic E-state index is 0.574. The zero-order valence-corrected chi connectivity index (χ0v) is 9.44. The molecule has 1 aliphatic rings. The summed E-state index contributed by atoms with van der Waals surface area (Å²) < 4.78 is 0. The van der Waals surface area contributed by atoms with Crippen LogP contribution >= 0.6 is 23.2 Å². The molecule has 1 aliphatic heterocycles. The van der Waals surface area contributed by atoms with Crippen LogP contribution in [0.25, 0.3) is 0 Å². The molecule has 76 valence electrons. The highest BCUT2D eigenvalue weighted by molar-refractivity contribution is 6.43. The molecule has 4 heteroatoms. The van der Waals surface area contributed by atoms with Crippen LogP contribution < -0.4 is 10.2 Å². The fourth-order valence-corrected chi connectivity index (χ4v) is 2.01. The number of hydrogen-bond acceptors (Lipinski definition) is 2. The highest BCUT2D eigenvalue weighted by atomic mass is 35.5. The minimum Gasteiger partial charge on any atom is -0.367 e. The lowest BCUT2D eigenvalue weighted by Crippen LogP contribution is -2.57. The summed E-state index contributed by atoms with van der Waals surface area (Å²) in [5.41, 5.74) is 1.03. The van der Waals surface area contributed by atoms with E-state index in [0.717, 1.165) is 18.8 Å². The first-order chi connectivity index (χ1) is 6.72. The quantitative estimate of drug-likeness (QED) is 0.840. The maximum absolute atomic E-state index is 6.10. The van der Waals surface area contributed by atoms with Gasteiger partial charge in [0, 0.05) is 19.1 Å². The van der Waals surface area contributed by atoms with Crippen molar-refractivity contribution in [3.63, 3.8) is 0 Å². The largest absolute Gasteiger partial charge is 0.367 e. The number of likely N-dealkylation sites (N-methyl/N-ethyl adjacent to an activating group) is 1. The predicted molar refractivity (Wildman–Crippen MR) is 61.5 cm³/mol. The van der Waals surface area contributed by atoms with Crippen LogP contribution in [0, 0.1) is 0 Å². The van der Waals surface area contributed by atoms with Crippen molar-refractivity contribution in [2.45, 2.75) is 6.04 Å². The van der Waals surface area contributed by atoms with Gasteiger partial charge in [-0.05, 0) is 19.2 Å². The third kappa shape index (κ3) is 1.70. The summed E-state index contributed by atoms with van der Waals surface area (Å²) >= 11 is 12.0. The van der Waals surface area contributed by atoms with E-state index in [9.17, 15) is 0 Å². The lowest BCUT2D eigenvalue weighted by Gasteiger charge is -2.41. The van der Waals surface area contributed by atoms with E-state index in [1.54, 1.807) is 0 Å². The van der Waals surface area contributed by atoms with Gasteiger partial charge in [0.1, 0.15) is 0 Å². The average Bonchev–Trinajstić information content (AvgIpc) is 2.10. The van der Waals surface area contributed by atoms with Gasteiger partial charge in [0.2, 0.25) is 0 Å². The van der Waals surface area contributed by atoms with Gasteiger partial charge >= 0.3 is 0 Å². The molecule has 0 atom stereocenters. The Morgan fingerprint density at radius 2 is 2.07 bits per heavy atom. The molecule has 2 rings (SSSR count). The van der Waals surface area contributed by atoms with Crippen molar-refractivity contribution >= 4 is 28.9 Å². The molecular weight excluding hydrogens is 219 g/mol. The van der Waals surface area contributed by atoms with E-state index in [1.165, 1.54) is 0 Å². The Labute approximate surface area is 93.8 Å². The molecule has 0 saturated carbocycles. The molecule has 0 amide bonds. The second kappa shape index (κ2) is 3.97. The van der Waals surface area contributed by atoms with Crippen LogP contribution in [0.2, 0.25) is 10.0 Å². The van der Waals surface area contributed by atoms with Gasteiger partial charge in [-0.15, -0.1) is 0 Å². The molecule has 2 nitrogen and oxygen atoms in total. The van der Waals surface area contributed by atoms with E-state index in [-0.39, 0.29) is 0 Å². The van der Waals surface area contributed by atoms with Crippen molar-refractivity contribution in [2.75, 3.05) is 25.0 Å². The van der Waals surface area contributed by atoms with Crippen molar-refractivity contribution in [2.24, 2.45) is 0 Å². The molecule has 1 aromatic carbocycles. The molecule has 14 heavy (non-hydrogen) atoms. The maximum atomic E-state index is 6.10. The smallest absolute Gasteiger partial charge is 0.0825 e.